The first-order valence-electron chi connectivity index (χ1n) is 9.02. The molecule has 0 saturated carbocycles. The van der Waals surface area contributed by atoms with E-state index in [4.69, 9.17) is 9.47 Å². The molecule has 0 radical (unpaired) electrons. The van der Waals surface area contributed by atoms with Gasteiger partial charge in [0, 0.05) is 6.07 Å². The first kappa shape index (κ1) is 25.6. The van der Waals surface area contributed by atoms with Gasteiger partial charge in [0.15, 0.2) is 0 Å². The van der Waals surface area contributed by atoms with Crippen LogP contribution in [0.25, 0.3) is 0 Å². The van der Waals surface area contributed by atoms with E-state index in [-0.39, 0.29) is 34.5 Å². The van der Waals surface area contributed by atoms with E-state index in [0.29, 0.717) is 28.5 Å². The summed E-state index contributed by atoms with van der Waals surface area (Å²) in [6.07, 6.45) is 0. The van der Waals surface area contributed by atoms with Crippen molar-refractivity contribution < 1.29 is 52.0 Å². The van der Waals surface area contributed by atoms with Gasteiger partial charge in [0.2, 0.25) is 0 Å². The second-order valence-electron chi connectivity index (χ2n) is 6.36. The van der Waals surface area contributed by atoms with Gasteiger partial charge in [0.25, 0.3) is 0 Å². The quantitative estimate of drug-likeness (QED) is 0.303. The van der Waals surface area contributed by atoms with Gasteiger partial charge >= 0.3 is 29.6 Å². The monoisotopic (exact) mass is 462 g/mol. The van der Waals surface area contributed by atoms with Crippen molar-refractivity contribution in [3.8, 4) is 11.5 Å². The second kappa shape index (κ2) is 11.3. The smallest absolute Gasteiger partial charge is 0.744 e. The van der Waals surface area contributed by atoms with Crippen molar-refractivity contribution in [3.63, 3.8) is 0 Å². The minimum absolute atomic E-state index is 0. The molecular weight excluding hydrogens is 443 g/mol. The maximum Gasteiger partial charge on any atom is 1.00 e. The molecule has 3 aromatic carbocycles. The third-order valence-electron chi connectivity index (χ3n) is 4.24. The molecule has 0 N–H and O–H groups in total. The van der Waals surface area contributed by atoms with E-state index in [2.05, 4.69) is 20.5 Å². The number of aryl methyl sites for hydroxylation is 1. The van der Waals surface area contributed by atoms with Crippen LogP contribution in [-0.4, -0.2) is 27.2 Å². The molecule has 0 aliphatic heterocycles. The predicted octanol–water partition coefficient (Wildman–Crippen LogP) is 2.75. The van der Waals surface area contributed by atoms with Crippen molar-refractivity contribution in [2.75, 3.05) is 14.2 Å². The number of rotatable bonds is 7. The standard InChI is InChI=1S/C21H20N4O5S.Na/c1-14-12-20(25-23-15-4-8-17(29-2)9-5-15)21(30-3)13-19(14)24-22-16-6-10-18(11-7-16)31(26,27)28;/h4-13H,1-3H3,(H,26,27,28);/q;+1/p-1. The largest absolute Gasteiger partial charge is 1.00 e. The Kier molecular flexibility index (Phi) is 9.05. The third-order valence-corrected chi connectivity index (χ3v) is 5.09. The number of hydrogen-bond donors (Lipinski definition) is 0. The molecular formula is C21H19N4NaO5S. The Morgan fingerprint density at radius 2 is 1.28 bits per heavy atom. The van der Waals surface area contributed by atoms with Crippen molar-refractivity contribution in [2.24, 2.45) is 20.5 Å². The van der Waals surface area contributed by atoms with E-state index in [1.54, 1.807) is 43.5 Å². The maximum atomic E-state index is 11.0. The summed E-state index contributed by atoms with van der Waals surface area (Å²) in [5.74, 6) is 1.19. The van der Waals surface area contributed by atoms with Gasteiger partial charge < -0.3 is 14.0 Å². The van der Waals surface area contributed by atoms with Crippen LogP contribution in [0.1, 0.15) is 5.56 Å². The average molecular weight is 462 g/mol. The fourth-order valence-corrected chi connectivity index (χ4v) is 3.03. The van der Waals surface area contributed by atoms with Crippen LogP contribution >= 0.6 is 0 Å². The minimum atomic E-state index is -4.50. The first-order chi connectivity index (χ1) is 14.8. The van der Waals surface area contributed by atoms with Crippen molar-refractivity contribution in [1.82, 2.24) is 0 Å². The van der Waals surface area contributed by atoms with Crippen LogP contribution in [0.4, 0.5) is 22.7 Å². The van der Waals surface area contributed by atoms with Crippen LogP contribution in [0.2, 0.25) is 0 Å². The number of benzene rings is 3. The molecule has 11 heteroatoms. The van der Waals surface area contributed by atoms with Gasteiger partial charge in [-0.05, 0) is 67.1 Å². The molecule has 9 nitrogen and oxygen atoms in total. The van der Waals surface area contributed by atoms with Crippen molar-refractivity contribution in [3.05, 3.63) is 66.2 Å². The van der Waals surface area contributed by atoms with Gasteiger partial charge in [0.1, 0.15) is 27.3 Å². The Morgan fingerprint density at radius 1 is 0.750 bits per heavy atom. The molecule has 0 aliphatic rings. The van der Waals surface area contributed by atoms with E-state index in [0.717, 1.165) is 11.3 Å². The van der Waals surface area contributed by atoms with E-state index in [1.807, 2.05) is 6.92 Å². The van der Waals surface area contributed by atoms with E-state index < -0.39 is 10.1 Å². The van der Waals surface area contributed by atoms with Gasteiger partial charge in [-0.25, -0.2) is 8.42 Å². The van der Waals surface area contributed by atoms with Crippen molar-refractivity contribution >= 4 is 32.9 Å². The molecule has 0 bridgehead atoms. The number of azo groups is 2. The summed E-state index contributed by atoms with van der Waals surface area (Å²) < 4.78 is 43.5. The molecule has 0 aliphatic carbocycles. The Morgan fingerprint density at radius 3 is 1.78 bits per heavy atom. The molecule has 0 saturated heterocycles. The van der Waals surface area contributed by atoms with Crippen LogP contribution in [0.3, 0.4) is 0 Å². The minimum Gasteiger partial charge on any atom is -0.744 e. The van der Waals surface area contributed by atoms with Crippen LogP contribution in [0, 0.1) is 6.92 Å². The molecule has 0 unspecified atom stereocenters. The predicted molar refractivity (Wildman–Crippen MR) is 113 cm³/mol. The number of methoxy groups -OCH3 is 2. The van der Waals surface area contributed by atoms with Crippen LogP contribution in [0.5, 0.6) is 11.5 Å². The fraction of sp³-hybridized carbons (Fsp3) is 0.143. The molecule has 0 aromatic heterocycles. The normalized spacial score (nSPS) is 11.5. The van der Waals surface area contributed by atoms with Crippen molar-refractivity contribution in [2.45, 2.75) is 11.8 Å². The fourth-order valence-electron chi connectivity index (χ4n) is 2.56. The summed E-state index contributed by atoms with van der Waals surface area (Å²) in [7, 11) is -1.39. The number of hydrogen-bond acceptors (Lipinski definition) is 9. The summed E-state index contributed by atoms with van der Waals surface area (Å²) in [6, 6.07) is 15.8. The van der Waals surface area contributed by atoms with Crippen LogP contribution in [-0.2, 0) is 10.1 Å². The Bertz CT molecular complexity index is 1230. The van der Waals surface area contributed by atoms with Crippen molar-refractivity contribution in [1.29, 1.82) is 0 Å². The zero-order valence-electron chi connectivity index (χ0n) is 18.0. The van der Waals surface area contributed by atoms with Crippen LogP contribution in [0.15, 0.2) is 86.0 Å². The topological polar surface area (TPSA) is 125 Å². The van der Waals surface area contributed by atoms with Gasteiger partial charge in [-0.3, -0.25) is 0 Å². The SMILES string of the molecule is COc1ccc(N=Nc2cc(C)c(N=Nc3ccc(S(=O)(=O)[O-])cc3)cc2OC)cc1.[Na+]. The van der Waals surface area contributed by atoms with Gasteiger partial charge in [-0.1, -0.05) is 0 Å². The van der Waals surface area contributed by atoms with Gasteiger partial charge in [-0.2, -0.15) is 15.3 Å². The summed E-state index contributed by atoms with van der Waals surface area (Å²) >= 11 is 0. The molecule has 0 fully saturated rings. The molecule has 0 atom stereocenters. The van der Waals surface area contributed by atoms with E-state index >= 15 is 0 Å². The summed E-state index contributed by atoms with van der Waals surface area (Å²) in [5.41, 5.74) is 2.91. The average Bonchev–Trinajstić information content (AvgIpc) is 2.77. The molecule has 0 spiro atoms. The summed E-state index contributed by atoms with van der Waals surface area (Å²) in [4.78, 5) is -0.323. The Hall–Kier alpha value is -2.63. The Labute approximate surface area is 208 Å². The zero-order valence-corrected chi connectivity index (χ0v) is 20.8. The Balaban J connectivity index is 0.00000363. The van der Waals surface area contributed by atoms with E-state index in [1.165, 1.54) is 31.4 Å². The second-order valence-corrected chi connectivity index (χ2v) is 7.74. The van der Waals surface area contributed by atoms with Gasteiger partial charge in [0.05, 0.1) is 36.2 Å². The van der Waals surface area contributed by atoms with E-state index in [9.17, 15) is 13.0 Å². The third kappa shape index (κ3) is 6.68. The summed E-state index contributed by atoms with van der Waals surface area (Å²) in [5, 5.41) is 16.7. The van der Waals surface area contributed by atoms with Gasteiger partial charge in [-0.15, -0.1) is 5.11 Å². The molecule has 3 aromatic rings. The molecule has 0 heterocycles. The number of ether oxygens (including phenoxy) is 2. The molecule has 32 heavy (non-hydrogen) atoms. The first-order valence-corrected chi connectivity index (χ1v) is 10.4. The van der Waals surface area contributed by atoms with Crippen LogP contribution < -0.4 is 39.0 Å². The zero-order chi connectivity index (χ0) is 22.4. The molecule has 0 amide bonds. The molecule has 160 valence electrons. The summed E-state index contributed by atoms with van der Waals surface area (Å²) in [6.45, 7) is 1.84. The number of nitrogens with zero attached hydrogens (tertiary/aromatic N) is 4. The maximum absolute atomic E-state index is 11.0. The molecule has 3 rings (SSSR count).